The van der Waals surface area contributed by atoms with Crippen molar-refractivity contribution in [1.82, 2.24) is 4.98 Å². The lowest BCUT2D eigenvalue weighted by Crippen LogP contribution is -2.29. The van der Waals surface area contributed by atoms with Crippen LogP contribution in [0.4, 0.5) is 11.4 Å². The first-order valence-electron chi connectivity index (χ1n) is 8.79. The lowest BCUT2D eigenvalue weighted by atomic mass is 10.00. The Bertz CT molecular complexity index is 1070. The lowest BCUT2D eigenvalue weighted by Gasteiger charge is -2.31. The van der Waals surface area contributed by atoms with Crippen molar-refractivity contribution in [2.75, 3.05) is 23.4 Å². The van der Waals surface area contributed by atoms with Crippen molar-refractivity contribution in [3.8, 4) is 10.6 Å². The van der Waals surface area contributed by atoms with Gasteiger partial charge in [-0.05, 0) is 42.7 Å². The molecule has 0 fully saturated rings. The van der Waals surface area contributed by atoms with Crippen molar-refractivity contribution in [1.29, 1.82) is 0 Å². The van der Waals surface area contributed by atoms with E-state index in [0.717, 1.165) is 47.9 Å². The number of hydrogen-bond acceptors (Lipinski definition) is 6. The highest BCUT2D eigenvalue weighted by Crippen LogP contribution is 2.33. The molecule has 1 aliphatic heterocycles. The summed E-state index contributed by atoms with van der Waals surface area (Å²) < 4.78 is 23.2. The zero-order valence-corrected chi connectivity index (χ0v) is 16.7. The van der Waals surface area contributed by atoms with Crippen LogP contribution in [0.15, 0.2) is 52.7 Å². The molecular formula is C20H21N3O2S2. The minimum Gasteiger partial charge on any atom is -0.398 e. The van der Waals surface area contributed by atoms with Crippen LogP contribution in [0.5, 0.6) is 0 Å². The van der Waals surface area contributed by atoms with Crippen molar-refractivity contribution in [3.05, 3.63) is 59.1 Å². The highest BCUT2D eigenvalue weighted by Gasteiger charge is 2.19. The van der Waals surface area contributed by atoms with Crippen molar-refractivity contribution in [2.24, 2.45) is 0 Å². The molecule has 27 heavy (non-hydrogen) atoms. The van der Waals surface area contributed by atoms with Gasteiger partial charge >= 0.3 is 0 Å². The van der Waals surface area contributed by atoms with Crippen LogP contribution in [0.1, 0.15) is 17.7 Å². The predicted octanol–water partition coefficient (Wildman–Crippen LogP) is 3.75. The van der Waals surface area contributed by atoms with Crippen LogP contribution in [-0.4, -0.2) is 26.2 Å². The maximum absolute atomic E-state index is 11.6. The van der Waals surface area contributed by atoms with E-state index in [1.165, 1.54) is 17.5 Å². The van der Waals surface area contributed by atoms with Crippen LogP contribution in [0.3, 0.4) is 0 Å². The Balaban J connectivity index is 1.55. The summed E-state index contributed by atoms with van der Waals surface area (Å²) in [7, 11) is -3.18. The van der Waals surface area contributed by atoms with Crippen LogP contribution in [0.2, 0.25) is 0 Å². The Morgan fingerprint density at radius 2 is 1.96 bits per heavy atom. The van der Waals surface area contributed by atoms with Gasteiger partial charge < -0.3 is 10.6 Å². The molecule has 1 aliphatic rings. The Morgan fingerprint density at radius 3 is 2.70 bits per heavy atom. The van der Waals surface area contributed by atoms with Gasteiger partial charge in [-0.2, -0.15) is 0 Å². The first-order valence-corrected chi connectivity index (χ1v) is 11.6. The third-order valence-corrected chi connectivity index (χ3v) is 6.89. The van der Waals surface area contributed by atoms with E-state index >= 15 is 0 Å². The first-order chi connectivity index (χ1) is 12.9. The monoisotopic (exact) mass is 399 g/mol. The molecule has 3 aromatic rings. The molecule has 0 radical (unpaired) electrons. The van der Waals surface area contributed by atoms with E-state index in [1.54, 1.807) is 23.5 Å². The number of anilines is 2. The summed E-state index contributed by atoms with van der Waals surface area (Å²) in [5.41, 5.74) is 11.4. The highest BCUT2D eigenvalue weighted by molar-refractivity contribution is 7.90. The molecular weight excluding hydrogens is 378 g/mol. The number of aromatic nitrogens is 1. The van der Waals surface area contributed by atoms with Crippen LogP contribution in [0.25, 0.3) is 10.6 Å². The molecule has 2 N–H and O–H groups in total. The third-order valence-electron chi connectivity index (χ3n) is 4.82. The summed E-state index contributed by atoms with van der Waals surface area (Å²) in [4.78, 5) is 7.42. The van der Waals surface area contributed by atoms with Gasteiger partial charge in [0.15, 0.2) is 9.84 Å². The van der Waals surface area contributed by atoms with E-state index in [-0.39, 0.29) is 0 Å². The van der Waals surface area contributed by atoms with E-state index in [2.05, 4.69) is 16.3 Å². The van der Waals surface area contributed by atoms with Crippen molar-refractivity contribution >= 4 is 32.5 Å². The van der Waals surface area contributed by atoms with Gasteiger partial charge in [-0.25, -0.2) is 13.4 Å². The number of nitrogen functional groups attached to an aromatic ring is 1. The maximum Gasteiger partial charge on any atom is 0.175 e. The zero-order valence-electron chi connectivity index (χ0n) is 15.1. The minimum absolute atomic E-state index is 0.325. The smallest absolute Gasteiger partial charge is 0.175 e. The van der Waals surface area contributed by atoms with Gasteiger partial charge in [-0.1, -0.05) is 18.2 Å². The molecule has 0 bridgehead atoms. The molecule has 0 unspecified atom stereocenters. The zero-order chi connectivity index (χ0) is 19.0. The maximum atomic E-state index is 11.6. The van der Waals surface area contributed by atoms with Gasteiger partial charge in [0, 0.05) is 35.1 Å². The summed E-state index contributed by atoms with van der Waals surface area (Å²) in [5.74, 6) is 0. The number of benzene rings is 2. The molecule has 140 valence electrons. The normalized spacial score (nSPS) is 14.2. The number of nitrogens with two attached hydrogens (primary N) is 1. The molecule has 2 aromatic carbocycles. The minimum atomic E-state index is -3.18. The number of thiazole rings is 1. The predicted molar refractivity (Wildman–Crippen MR) is 111 cm³/mol. The van der Waals surface area contributed by atoms with E-state index in [1.807, 2.05) is 24.3 Å². The van der Waals surface area contributed by atoms with Crippen molar-refractivity contribution in [2.45, 2.75) is 24.3 Å². The van der Waals surface area contributed by atoms with Gasteiger partial charge in [0.2, 0.25) is 0 Å². The summed E-state index contributed by atoms with van der Waals surface area (Å²) in [5, 5.41) is 2.97. The number of sulfone groups is 1. The number of hydrogen-bond donors (Lipinski definition) is 1. The average molecular weight is 400 g/mol. The third kappa shape index (κ3) is 3.70. The van der Waals surface area contributed by atoms with Gasteiger partial charge in [0.05, 0.1) is 17.1 Å². The highest BCUT2D eigenvalue weighted by atomic mass is 32.2. The topological polar surface area (TPSA) is 76.3 Å². The largest absolute Gasteiger partial charge is 0.398 e. The Hall–Kier alpha value is -2.38. The van der Waals surface area contributed by atoms with E-state index in [4.69, 9.17) is 10.7 Å². The number of rotatable bonds is 4. The van der Waals surface area contributed by atoms with Crippen LogP contribution in [0, 0.1) is 0 Å². The van der Waals surface area contributed by atoms with E-state index in [9.17, 15) is 8.42 Å². The molecule has 7 heteroatoms. The second kappa shape index (κ2) is 6.98. The molecule has 0 amide bonds. The molecule has 0 atom stereocenters. The van der Waals surface area contributed by atoms with E-state index < -0.39 is 9.84 Å². The second-order valence-corrected chi connectivity index (χ2v) is 9.68. The molecule has 0 saturated carbocycles. The molecule has 2 heterocycles. The van der Waals surface area contributed by atoms with Gasteiger partial charge in [-0.3, -0.25) is 0 Å². The molecule has 5 nitrogen and oxygen atoms in total. The molecule has 0 spiro atoms. The summed E-state index contributed by atoms with van der Waals surface area (Å²) in [6, 6.07) is 13.0. The Labute approximate surface area is 163 Å². The second-order valence-electron chi connectivity index (χ2n) is 6.81. The van der Waals surface area contributed by atoms with Crippen LogP contribution in [-0.2, 0) is 22.8 Å². The van der Waals surface area contributed by atoms with Crippen molar-refractivity contribution in [3.63, 3.8) is 0 Å². The Kier molecular flexibility index (Phi) is 4.65. The first kappa shape index (κ1) is 18.0. The van der Waals surface area contributed by atoms with Crippen LogP contribution >= 0.6 is 11.3 Å². The fourth-order valence-corrected chi connectivity index (χ4v) is 4.89. The molecule has 4 rings (SSSR count). The molecule has 0 aliphatic carbocycles. The quantitative estimate of drug-likeness (QED) is 0.676. The summed E-state index contributed by atoms with van der Waals surface area (Å²) in [6.45, 7) is 1.74. The van der Waals surface area contributed by atoms with Crippen LogP contribution < -0.4 is 10.6 Å². The van der Waals surface area contributed by atoms with Gasteiger partial charge in [0.1, 0.15) is 5.01 Å². The number of nitrogens with zero attached hydrogens (tertiary/aromatic N) is 2. The van der Waals surface area contributed by atoms with Gasteiger partial charge in [0.25, 0.3) is 0 Å². The molecule has 0 saturated heterocycles. The SMILES string of the molecule is CS(=O)(=O)c1ccc(-c2nc(CN3CCCc4c(N)cccc43)cs2)cc1. The van der Waals surface area contributed by atoms with E-state index in [0.29, 0.717) is 4.90 Å². The molecule has 1 aromatic heterocycles. The van der Waals surface area contributed by atoms with Gasteiger partial charge in [-0.15, -0.1) is 11.3 Å². The van der Waals surface area contributed by atoms with Crippen molar-refractivity contribution < 1.29 is 8.42 Å². The summed E-state index contributed by atoms with van der Waals surface area (Å²) >= 11 is 1.58. The average Bonchev–Trinajstić information content (AvgIpc) is 3.11. The number of fused-ring (bicyclic) bond motifs is 1. The fourth-order valence-electron chi connectivity index (χ4n) is 3.44. The fraction of sp³-hybridized carbons (Fsp3) is 0.250. The lowest BCUT2D eigenvalue weighted by molar-refractivity contribution is 0.602. The standard InChI is InChI=1S/C20H21N3O2S2/c1-27(24,25)16-9-7-14(8-10-16)20-22-15(13-26-20)12-23-11-3-4-17-18(21)5-2-6-19(17)23/h2,5-10,13H,3-4,11-12,21H2,1H3. The Morgan fingerprint density at radius 1 is 1.19 bits per heavy atom. The summed E-state index contributed by atoms with van der Waals surface area (Å²) in [6.07, 6.45) is 3.32.